The second-order valence-electron chi connectivity index (χ2n) is 7.19. The number of benzene rings is 1. The molecule has 1 atom stereocenters. The number of pyridine rings is 1. The topological polar surface area (TPSA) is 149 Å². The molecule has 0 radical (unpaired) electrons. The summed E-state index contributed by atoms with van der Waals surface area (Å²) in [6.07, 6.45) is 1.84. The Morgan fingerprint density at radius 1 is 1.18 bits per heavy atom. The molecule has 0 bridgehead atoms. The highest BCUT2D eigenvalue weighted by Gasteiger charge is 2.29. The Morgan fingerprint density at radius 2 is 1.86 bits per heavy atom. The van der Waals surface area contributed by atoms with Gasteiger partial charge < -0.3 is 16.8 Å². The minimum atomic E-state index is -0.527. The normalized spacial score (nSPS) is 15.5. The van der Waals surface area contributed by atoms with Crippen molar-refractivity contribution in [3.63, 3.8) is 0 Å². The first-order chi connectivity index (χ1) is 13.2. The lowest BCUT2D eigenvalue weighted by atomic mass is 9.95. The molecule has 1 unspecified atom stereocenters. The average molecular weight is 392 g/mol. The maximum atomic E-state index is 9.37. The molecule has 6 N–H and O–H groups in total. The Morgan fingerprint density at radius 3 is 2.43 bits per heavy atom. The van der Waals surface area contributed by atoms with Crippen LogP contribution in [0.15, 0.2) is 34.2 Å². The molecule has 2 heterocycles. The Labute approximate surface area is 167 Å². The molecule has 1 aromatic carbocycles. The summed E-state index contributed by atoms with van der Waals surface area (Å²) < 4.78 is 0.0957. The van der Waals surface area contributed by atoms with E-state index in [2.05, 4.69) is 41.4 Å². The fourth-order valence-corrected chi connectivity index (χ4v) is 3.87. The molecular weight excluding hydrogens is 372 g/mol. The van der Waals surface area contributed by atoms with Crippen molar-refractivity contribution in [2.45, 2.75) is 36.5 Å². The molecule has 1 aliphatic heterocycles. The average Bonchev–Trinajstić information content (AvgIpc) is 2.61. The molecule has 0 aliphatic carbocycles. The van der Waals surface area contributed by atoms with Gasteiger partial charge in [0.1, 0.15) is 29.3 Å². The molecular formula is C19H20N8S. The SMILES string of the molecule is CC(C)(C)Sc1ccc(C2N=C(NC#N)Nc3nc(N)c(C#N)c(N)c32)cc1. The van der Waals surface area contributed by atoms with Gasteiger partial charge in [0.15, 0.2) is 6.19 Å². The Hall–Kier alpha value is -3.43. The van der Waals surface area contributed by atoms with E-state index in [0.29, 0.717) is 11.4 Å². The number of rotatable bonds is 2. The quantitative estimate of drug-likeness (QED) is 0.346. The van der Waals surface area contributed by atoms with Gasteiger partial charge in [-0.1, -0.05) is 32.9 Å². The van der Waals surface area contributed by atoms with Crippen molar-refractivity contribution < 1.29 is 0 Å². The summed E-state index contributed by atoms with van der Waals surface area (Å²) in [7, 11) is 0. The number of anilines is 3. The number of nitriles is 2. The van der Waals surface area contributed by atoms with E-state index in [-0.39, 0.29) is 27.8 Å². The number of hydrogen-bond donors (Lipinski definition) is 4. The van der Waals surface area contributed by atoms with Gasteiger partial charge in [0.2, 0.25) is 5.96 Å². The number of fused-ring (bicyclic) bond motifs is 1. The molecule has 0 saturated carbocycles. The van der Waals surface area contributed by atoms with Gasteiger partial charge >= 0.3 is 0 Å². The van der Waals surface area contributed by atoms with Crippen LogP contribution in [0.5, 0.6) is 0 Å². The van der Waals surface area contributed by atoms with Crippen LogP contribution in [0.4, 0.5) is 17.3 Å². The zero-order valence-corrected chi connectivity index (χ0v) is 16.6. The van der Waals surface area contributed by atoms with E-state index in [1.54, 1.807) is 11.8 Å². The highest BCUT2D eigenvalue weighted by atomic mass is 32.2. The highest BCUT2D eigenvalue weighted by molar-refractivity contribution is 8.00. The number of guanidine groups is 1. The fraction of sp³-hybridized carbons (Fsp3) is 0.263. The van der Waals surface area contributed by atoms with Crippen LogP contribution in [-0.4, -0.2) is 15.7 Å². The first-order valence-corrected chi connectivity index (χ1v) is 9.33. The van der Waals surface area contributed by atoms with Gasteiger partial charge in [0.05, 0.1) is 5.69 Å². The summed E-state index contributed by atoms with van der Waals surface area (Å²) in [6.45, 7) is 6.46. The third kappa shape index (κ3) is 3.80. The summed E-state index contributed by atoms with van der Waals surface area (Å²) in [4.78, 5) is 9.93. The first kappa shape index (κ1) is 19.3. The minimum absolute atomic E-state index is 0.0279. The molecule has 28 heavy (non-hydrogen) atoms. The van der Waals surface area contributed by atoms with Crippen LogP contribution < -0.4 is 22.1 Å². The highest BCUT2D eigenvalue weighted by Crippen LogP contribution is 2.41. The third-order valence-electron chi connectivity index (χ3n) is 3.98. The van der Waals surface area contributed by atoms with Crippen molar-refractivity contribution >= 4 is 35.0 Å². The van der Waals surface area contributed by atoms with E-state index in [9.17, 15) is 5.26 Å². The molecule has 2 aromatic rings. The van der Waals surface area contributed by atoms with Crippen LogP contribution in [0.3, 0.4) is 0 Å². The van der Waals surface area contributed by atoms with Gasteiger partial charge in [-0.05, 0) is 17.7 Å². The van der Waals surface area contributed by atoms with Gasteiger partial charge in [0.25, 0.3) is 0 Å². The van der Waals surface area contributed by atoms with Crippen LogP contribution >= 0.6 is 11.8 Å². The molecule has 1 aromatic heterocycles. The summed E-state index contributed by atoms with van der Waals surface area (Å²) in [5.41, 5.74) is 13.9. The molecule has 142 valence electrons. The zero-order valence-electron chi connectivity index (χ0n) is 15.7. The maximum absolute atomic E-state index is 9.37. The monoisotopic (exact) mass is 392 g/mol. The molecule has 0 fully saturated rings. The molecule has 3 rings (SSSR count). The van der Waals surface area contributed by atoms with E-state index >= 15 is 0 Å². The van der Waals surface area contributed by atoms with Crippen LogP contribution in [0.25, 0.3) is 0 Å². The lowest BCUT2D eigenvalue weighted by Gasteiger charge is -2.26. The Kier molecular flexibility index (Phi) is 5.04. The lowest BCUT2D eigenvalue weighted by molar-refractivity contribution is 0.802. The second kappa shape index (κ2) is 7.29. The summed E-state index contributed by atoms with van der Waals surface area (Å²) >= 11 is 1.76. The number of hydrogen-bond acceptors (Lipinski definition) is 9. The van der Waals surface area contributed by atoms with Gasteiger partial charge in [-0.3, -0.25) is 5.32 Å². The van der Waals surface area contributed by atoms with Crippen molar-refractivity contribution in [2.75, 3.05) is 16.8 Å². The van der Waals surface area contributed by atoms with Crippen molar-refractivity contribution in [3.8, 4) is 12.3 Å². The third-order valence-corrected chi connectivity index (χ3v) is 5.10. The molecule has 0 amide bonds. The molecule has 0 saturated heterocycles. The second-order valence-corrected chi connectivity index (χ2v) is 9.09. The van der Waals surface area contributed by atoms with E-state index in [4.69, 9.17) is 16.7 Å². The van der Waals surface area contributed by atoms with Gasteiger partial charge in [-0.2, -0.15) is 10.5 Å². The van der Waals surface area contributed by atoms with Crippen molar-refractivity contribution in [1.29, 1.82) is 10.5 Å². The van der Waals surface area contributed by atoms with E-state index in [1.165, 1.54) is 0 Å². The van der Waals surface area contributed by atoms with E-state index < -0.39 is 6.04 Å². The number of nitrogens with zero attached hydrogens (tertiary/aromatic N) is 4. The lowest BCUT2D eigenvalue weighted by Crippen LogP contribution is -2.32. The maximum Gasteiger partial charge on any atom is 0.211 e. The number of thioether (sulfide) groups is 1. The van der Waals surface area contributed by atoms with Gasteiger partial charge in [0, 0.05) is 15.2 Å². The van der Waals surface area contributed by atoms with Gasteiger partial charge in [-0.25, -0.2) is 9.98 Å². The van der Waals surface area contributed by atoms with Crippen molar-refractivity contribution in [2.24, 2.45) is 4.99 Å². The van der Waals surface area contributed by atoms with Crippen LogP contribution in [0.1, 0.15) is 43.5 Å². The van der Waals surface area contributed by atoms with E-state index in [1.807, 2.05) is 36.5 Å². The molecule has 8 nitrogen and oxygen atoms in total. The summed E-state index contributed by atoms with van der Waals surface area (Å²) in [5.74, 6) is 0.643. The summed E-state index contributed by atoms with van der Waals surface area (Å²) in [6, 6.07) is 9.43. The van der Waals surface area contributed by atoms with Gasteiger partial charge in [-0.15, -0.1) is 11.8 Å². The number of nitrogens with two attached hydrogens (primary N) is 2. The number of aromatic nitrogens is 1. The largest absolute Gasteiger partial charge is 0.397 e. The number of aliphatic imine (C=N–C) groups is 1. The van der Waals surface area contributed by atoms with Crippen molar-refractivity contribution in [1.82, 2.24) is 10.3 Å². The summed E-state index contributed by atoms with van der Waals surface area (Å²) in [5, 5.41) is 23.7. The molecule has 9 heteroatoms. The van der Waals surface area contributed by atoms with Crippen LogP contribution in [-0.2, 0) is 0 Å². The predicted octanol–water partition coefficient (Wildman–Crippen LogP) is 2.95. The smallest absolute Gasteiger partial charge is 0.211 e. The van der Waals surface area contributed by atoms with Crippen LogP contribution in [0.2, 0.25) is 0 Å². The van der Waals surface area contributed by atoms with Crippen molar-refractivity contribution in [3.05, 3.63) is 41.0 Å². The standard InChI is InChI=1S/C19H20N8S/c1-19(2,3)28-11-6-4-10(5-7-11)15-13-14(22)12(8-20)16(23)26-17(13)27-18(25-15)24-9-21/h4-7,15H,1-3H3,(H6,22,23,24,25,26,27). The molecule has 0 spiro atoms. The predicted molar refractivity (Wildman–Crippen MR) is 111 cm³/mol. The van der Waals surface area contributed by atoms with Crippen LogP contribution in [0, 0.1) is 22.8 Å². The number of nitrogen functional groups attached to an aromatic ring is 2. The van der Waals surface area contributed by atoms with E-state index in [0.717, 1.165) is 10.5 Å². The zero-order chi connectivity index (χ0) is 20.5. The minimum Gasteiger partial charge on any atom is -0.397 e. The fourth-order valence-electron chi connectivity index (χ4n) is 2.89. The molecule has 1 aliphatic rings. The Balaban J connectivity index is 2.10. The number of nitrogens with one attached hydrogen (secondary N) is 2. The Bertz CT molecular complexity index is 1020. The first-order valence-electron chi connectivity index (χ1n) is 8.51.